The van der Waals surface area contributed by atoms with Crippen molar-refractivity contribution < 1.29 is 22.8 Å². The van der Waals surface area contributed by atoms with E-state index in [1.807, 2.05) is 30.3 Å². The predicted octanol–water partition coefficient (Wildman–Crippen LogP) is 4.77. The molecular weight excluding hydrogens is 495 g/mol. The van der Waals surface area contributed by atoms with E-state index in [0.717, 1.165) is 23.9 Å². The molecule has 1 aliphatic rings. The Hall–Kier alpha value is -4.60. The van der Waals surface area contributed by atoms with Gasteiger partial charge in [0, 0.05) is 29.3 Å². The highest BCUT2D eigenvalue weighted by Crippen LogP contribution is 2.43. The lowest BCUT2D eigenvalue weighted by Gasteiger charge is -2.38. The highest BCUT2D eigenvalue weighted by Gasteiger charge is 2.45. The van der Waals surface area contributed by atoms with E-state index in [0.29, 0.717) is 22.6 Å². The van der Waals surface area contributed by atoms with Crippen molar-refractivity contribution in [2.75, 3.05) is 17.2 Å². The van der Waals surface area contributed by atoms with Crippen LogP contribution >= 0.6 is 0 Å². The van der Waals surface area contributed by atoms with Crippen molar-refractivity contribution in [2.24, 2.45) is 0 Å². The molecule has 0 spiro atoms. The van der Waals surface area contributed by atoms with Gasteiger partial charge in [0.1, 0.15) is 11.9 Å². The number of nitrogens with two attached hydrogens (primary N) is 1. The van der Waals surface area contributed by atoms with Gasteiger partial charge in [-0.1, -0.05) is 42.5 Å². The van der Waals surface area contributed by atoms with Crippen LogP contribution in [0.5, 0.6) is 0 Å². The van der Waals surface area contributed by atoms with Gasteiger partial charge in [-0.25, -0.2) is 4.68 Å². The summed E-state index contributed by atoms with van der Waals surface area (Å²) in [5.41, 5.74) is 7.56. The third kappa shape index (κ3) is 4.38. The number of rotatable bonds is 5. The quantitative estimate of drug-likeness (QED) is 0.372. The molecule has 2 heterocycles. The lowest BCUT2D eigenvalue weighted by atomic mass is 9.81. The molecule has 0 saturated heterocycles. The normalized spacial score (nSPS) is 17.3. The molecule has 0 radical (unpaired) electrons. The first-order chi connectivity index (χ1) is 18.2. The number of carbonyl (C=O) groups excluding carboxylic acids is 2. The lowest BCUT2D eigenvalue weighted by molar-refractivity contribution is -0.137. The van der Waals surface area contributed by atoms with Crippen LogP contribution in [-0.2, 0) is 11.0 Å². The fraction of sp³-hybridized carbons (Fsp3) is 0.179. The third-order valence-corrected chi connectivity index (χ3v) is 6.61. The second-order valence-electron chi connectivity index (χ2n) is 8.89. The van der Waals surface area contributed by atoms with Gasteiger partial charge < -0.3 is 11.1 Å². The van der Waals surface area contributed by atoms with Crippen molar-refractivity contribution in [3.8, 4) is 5.69 Å². The first-order valence-corrected chi connectivity index (χ1v) is 12.0. The summed E-state index contributed by atoms with van der Waals surface area (Å²) >= 11 is 0. The van der Waals surface area contributed by atoms with E-state index in [-0.39, 0.29) is 12.1 Å². The molecule has 1 aromatic heterocycles. The summed E-state index contributed by atoms with van der Waals surface area (Å²) in [7, 11) is 0. The SMILES string of the molecule is CCN1C(=O)[C@@H](NC(=O)c2cccc(C(F)(F)F)c2)[C@H](c2ccccc2N)c2cnn(-c3ccccc3)c21. The Morgan fingerprint density at radius 3 is 2.39 bits per heavy atom. The van der Waals surface area contributed by atoms with Crippen LogP contribution < -0.4 is 16.0 Å². The first-order valence-electron chi connectivity index (χ1n) is 12.0. The molecule has 10 heteroatoms. The van der Waals surface area contributed by atoms with Crippen LogP contribution in [0.3, 0.4) is 0 Å². The highest BCUT2D eigenvalue weighted by atomic mass is 19.4. The summed E-state index contributed by atoms with van der Waals surface area (Å²) in [5.74, 6) is -1.41. The number of carbonyl (C=O) groups is 2. The number of likely N-dealkylation sites (N-methyl/N-ethyl adjacent to an activating group) is 1. The minimum Gasteiger partial charge on any atom is -0.398 e. The maximum atomic E-state index is 13.9. The maximum absolute atomic E-state index is 13.9. The van der Waals surface area contributed by atoms with Crippen molar-refractivity contribution in [2.45, 2.75) is 25.1 Å². The molecule has 0 fully saturated rings. The summed E-state index contributed by atoms with van der Waals surface area (Å²) in [5, 5.41) is 7.26. The number of hydrogen-bond donors (Lipinski definition) is 2. The molecule has 1 aliphatic heterocycles. The number of nitrogens with one attached hydrogen (secondary N) is 1. The van der Waals surface area contributed by atoms with Gasteiger partial charge in [0.25, 0.3) is 11.8 Å². The summed E-state index contributed by atoms with van der Waals surface area (Å²) in [6.45, 7) is 2.07. The number of nitrogen functional groups attached to an aromatic ring is 1. The van der Waals surface area contributed by atoms with E-state index in [4.69, 9.17) is 5.73 Å². The number of halogens is 3. The molecule has 3 N–H and O–H groups in total. The van der Waals surface area contributed by atoms with Gasteiger partial charge in [-0.3, -0.25) is 14.5 Å². The van der Waals surface area contributed by atoms with Crippen LogP contribution in [0, 0.1) is 0 Å². The van der Waals surface area contributed by atoms with E-state index in [9.17, 15) is 22.8 Å². The largest absolute Gasteiger partial charge is 0.416 e. The summed E-state index contributed by atoms with van der Waals surface area (Å²) in [6, 6.07) is 19.2. The van der Waals surface area contributed by atoms with E-state index >= 15 is 0 Å². The standard InChI is InChI=1S/C28H24F3N5O2/c1-2-35-26-21(16-33-36(26)19-11-4-3-5-12-19)23(20-13-6-7-14-22(20)32)24(27(35)38)34-25(37)17-9-8-10-18(15-17)28(29,30)31/h3-16,23-24H,2,32H2,1H3,(H,34,37)/t23-,24+/m1/s1. The van der Waals surface area contributed by atoms with Crippen molar-refractivity contribution >= 4 is 23.3 Å². The topological polar surface area (TPSA) is 93.2 Å². The maximum Gasteiger partial charge on any atom is 0.416 e. The summed E-state index contributed by atoms with van der Waals surface area (Å²) in [6.07, 6.45) is -2.98. The second-order valence-corrected chi connectivity index (χ2v) is 8.89. The molecule has 194 valence electrons. The van der Waals surface area contributed by atoms with Gasteiger partial charge in [-0.05, 0) is 48.9 Å². The van der Waals surface area contributed by atoms with E-state index in [1.165, 1.54) is 11.0 Å². The minimum atomic E-state index is -4.61. The predicted molar refractivity (Wildman–Crippen MR) is 137 cm³/mol. The Balaban J connectivity index is 1.63. The smallest absolute Gasteiger partial charge is 0.398 e. The average molecular weight is 520 g/mol. The van der Waals surface area contributed by atoms with Crippen LogP contribution in [0.15, 0.2) is 85.1 Å². The van der Waals surface area contributed by atoms with Gasteiger partial charge >= 0.3 is 6.18 Å². The summed E-state index contributed by atoms with van der Waals surface area (Å²) < 4.78 is 41.5. The molecule has 7 nitrogen and oxygen atoms in total. The lowest BCUT2D eigenvalue weighted by Crippen LogP contribution is -2.55. The number of benzene rings is 3. The molecule has 0 saturated carbocycles. The number of nitrogens with zero attached hydrogens (tertiary/aromatic N) is 3. The van der Waals surface area contributed by atoms with Crippen molar-refractivity contribution in [3.63, 3.8) is 0 Å². The fourth-order valence-electron chi connectivity index (χ4n) is 4.85. The zero-order chi connectivity index (χ0) is 27.0. The Kier molecular flexibility index (Phi) is 6.40. The molecule has 4 aromatic rings. The van der Waals surface area contributed by atoms with Gasteiger partial charge in [0.15, 0.2) is 0 Å². The number of para-hydroxylation sites is 2. The molecule has 2 amide bonds. The average Bonchev–Trinajstić information content (AvgIpc) is 3.34. The number of hydrogen-bond acceptors (Lipinski definition) is 4. The Bertz CT molecular complexity index is 1500. The molecule has 0 bridgehead atoms. The van der Waals surface area contributed by atoms with Crippen molar-refractivity contribution in [1.29, 1.82) is 0 Å². The Morgan fingerprint density at radius 2 is 1.71 bits per heavy atom. The van der Waals surface area contributed by atoms with Crippen LogP contribution in [0.4, 0.5) is 24.7 Å². The van der Waals surface area contributed by atoms with Gasteiger partial charge in [0.2, 0.25) is 0 Å². The monoisotopic (exact) mass is 519 g/mol. The number of amides is 2. The Morgan fingerprint density at radius 1 is 1.00 bits per heavy atom. The van der Waals surface area contributed by atoms with Gasteiger partial charge in [-0.2, -0.15) is 18.3 Å². The van der Waals surface area contributed by atoms with Crippen LogP contribution in [0.25, 0.3) is 5.69 Å². The van der Waals surface area contributed by atoms with Crippen LogP contribution in [0.1, 0.15) is 39.9 Å². The summed E-state index contributed by atoms with van der Waals surface area (Å²) in [4.78, 5) is 28.7. The van der Waals surface area contributed by atoms with E-state index in [2.05, 4.69) is 10.4 Å². The molecule has 0 aliphatic carbocycles. The number of fused-ring (bicyclic) bond motifs is 1. The molecule has 2 atom stereocenters. The van der Waals surface area contributed by atoms with Crippen molar-refractivity contribution in [3.05, 3.63) is 107 Å². The Labute approximate surface area is 216 Å². The molecule has 38 heavy (non-hydrogen) atoms. The molecule has 3 aromatic carbocycles. The zero-order valence-electron chi connectivity index (χ0n) is 20.3. The van der Waals surface area contributed by atoms with Crippen LogP contribution in [-0.4, -0.2) is 34.2 Å². The third-order valence-electron chi connectivity index (χ3n) is 6.61. The van der Waals surface area contributed by atoms with Crippen molar-refractivity contribution in [1.82, 2.24) is 15.1 Å². The number of alkyl halides is 3. The zero-order valence-corrected chi connectivity index (χ0v) is 20.3. The first kappa shape index (κ1) is 25.1. The minimum absolute atomic E-state index is 0.207. The van der Waals surface area contributed by atoms with Gasteiger partial charge in [0.05, 0.1) is 17.4 Å². The van der Waals surface area contributed by atoms with Crippen LogP contribution in [0.2, 0.25) is 0 Å². The molecule has 0 unspecified atom stereocenters. The van der Waals surface area contributed by atoms with Gasteiger partial charge in [-0.15, -0.1) is 0 Å². The molecular formula is C28H24F3N5O2. The van der Waals surface area contributed by atoms with E-state index in [1.54, 1.807) is 42.1 Å². The van der Waals surface area contributed by atoms with E-state index < -0.39 is 35.5 Å². The fourth-order valence-corrected chi connectivity index (χ4v) is 4.85. The second kappa shape index (κ2) is 9.70. The highest BCUT2D eigenvalue weighted by molar-refractivity contribution is 6.05. The number of aromatic nitrogens is 2. The number of anilines is 2. The molecule has 5 rings (SSSR count).